The fraction of sp³-hybridized carbons (Fsp3) is 0. The molecule has 0 atom stereocenters. The number of rotatable bonds is 0. The molecule has 0 spiro atoms. The zero-order chi connectivity index (χ0) is 14.7. The Labute approximate surface area is 145 Å². The average molecular weight is 446 g/mol. The van der Waals surface area contributed by atoms with Gasteiger partial charge in [0.05, 0.1) is 15.6 Å². The molecule has 0 fully saturated rings. The molecule has 21 heavy (non-hydrogen) atoms. The predicted molar refractivity (Wildman–Crippen MR) is 94.3 cm³/mol. The molecule has 0 radical (unpaired) electrons. The lowest BCUT2D eigenvalue weighted by molar-refractivity contribution is 1.34. The third kappa shape index (κ3) is 1.99. The number of aromatic nitrogens is 3. The molecule has 3 nitrogen and oxygen atoms in total. The molecule has 0 saturated heterocycles. The van der Waals surface area contributed by atoms with Crippen molar-refractivity contribution in [3.8, 4) is 0 Å². The van der Waals surface area contributed by atoms with E-state index in [2.05, 4.69) is 41.8 Å². The van der Waals surface area contributed by atoms with Crippen molar-refractivity contribution in [3.63, 3.8) is 0 Å². The summed E-state index contributed by atoms with van der Waals surface area (Å²) in [6.45, 7) is 0. The average Bonchev–Trinajstić information content (AvgIpc) is 2.85. The summed E-state index contributed by atoms with van der Waals surface area (Å²) in [5.74, 6) is 0. The van der Waals surface area contributed by atoms with Gasteiger partial charge in [-0.1, -0.05) is 23.2 Å². The fourth-order valence-electron chi connectivity index (χ4n) is 2.36. The number of nitrogens with one attached hydrogen (secondary N) is 1. The van der Waals surface area contributed by atoms with Crippen molar-refractivity contribution in [1.82, 2.24) is 15.0 Å². The molecule has 0 bridgehead atoms. The summed E-state index contributed by atoms with van der Waals surface area (Å²) in [7, 11) is 0. The molecule has 0 aliphatic heterocycles. The van der Waals surface area contributed by atoms with Gasteiger partial charge in [-0.05, 0) is 56.1 Å². The third-order valence-corrected chi connectivity index (χ3v) is 5.22. The molecule has 2 heterocycles. The predicted octanol–water partition coefficient (Wildman–Crippen LogP) is 6.10. The lowest BCUT2D eigenvalue weighted by Gasteiger charge is -2.02. The van der Waals surface area contributed by atoms with Crippen molar-refractivity contribution < 1.29 is 0 Å². The Morgan fingerprint density at radius 2 is 1.43 bits per heavy atom. The maximum atomic E-state index is 6.30. The third-order valence-electron chi connectivity index (χ3n) is 3.31. The Morgan fingerprint density at radius 1 is 0.810 bits per heavy atom. The molecule has 2 aromatic heterocycles. The number of fused-ring (bicyclic) bond motifs is 4. The van der Waals surface area contributed by atoms with Crippen molar-refractivity contribution in [2.75, 3.05) is 0 Å². The van der Waals surface area contributed by atoms with E-state index in [1.54, 1.807) is 12.1 Å². The van der Waals surface area contributed by atoms with Gasteiger partial charge >= 0.3 is 0 Å². The van der Waals surface area contributed by atoms with Gasteiger partial charge in [0.1, 0.15) is 16.6 Å². The summed E-state index contributed by atoms with van der Waals surface area (Å²) >= 11 is 19.5. The van der Waals surface area contributed by atoms with E-state index in [4.69, 9.17) is 28.2 Å². The largest absolute Gasteiger partial charge is 0.337 e. The first-order valence-electron chi connectivity index (χ1n) is 5.97. The quantitative estimate of drug-likeness (QED) is 0.355. The van der Waals surface area contributed by atoms with Crippen LogP contribution in [0.2, 0.25) is 10.0 Å². The van der Waals surface area contributed by atoms with Crippen LogP contribution in [0.25, 0.3) is 33.1 Å². The van der Waals surface area contributed by atoms with Crippen molar-refractivity contribution in [3.05, 3.63) is 43.3 Å². The lowest BCUT2D eigenvalue weighted by Crippen LogP contribution is -1.88. The second-order valence-corrected chi connectivity index (χ2v) is 7.07. The monoisotopic (exact) mass is 443 g/mol. The molecule has 0 saturated carbocycles. The van der Waals surface area contributed by atoms with Gasteiger partial charge in [0.25, 0.3) is 0 Å². The SMILES string of the molecule is Clc1ccc(Cl)c2c1[nH]c1nc3c(Br)ccc(Br)c3nc12. The number of nitrogens with zero attached hydrogens (tertiary/aromatic N) is 2. The van der Waals surface area contributed by atoms with E-state index in [0.717, 1.165) is 30.9 Å². The number of aromatic amines is 1. The zero-order valence-electron chi connectivity index (χ0n) is 10.2. The second-order valence-electron chi connectivity index (χ2n) is 4.55. The minimum atomic E-state index is 0.594. The fourth-order valence-corrected chi connectivity index (χ4v) is 3.63. The van der Waals surface area contributed by atoms with Crippen LogP contribution in [0.1, 0.15) is 0 Å². The van der Waals surface area contributed by atoms with Crippen molar-refractivity contribution in [2.24, 2.45) is 0 Å². The molecule has 1 N–H and O–H groups in total. The maximum absolute atomic E-state index is 6.30. The van der Waals surface area contributed by atoms with E-state index in [-0.39, 0.29) is 0 Å². The van der Waals surface area contributed by atoms with Crippen molar-refractivity contribution in [1.29, 1.82) is 0 Å². The van der Waals surface area contributed by atoms with E-state index in [0.29, 0.717) is 21.2 Å². The van der Waals surface area contributed by atoms with Crippen LogP contribution in [0.4, 0.5) is 0 Å². The van der Waals surface area contributed by atoms with Crippen LogP contribution in [0.5, 0.6) is 0 Å². The highest BCUT2D eigenvalue weighted by atomic mass is 79.9. The first kappa shape index (κ1) is 13.8. The number of benzene rings is 2. The molecule has 4 aromatic rings. The summed E-state index contributed by atoms with van der Waals surface area (Å²) in [6.07, 6.45) is 0. The minimum absolute atomic E-state index is 0.594. The van der Waals surface area contributed by atoms with Crippen LogP contribution in [0.15, 0.2) is 33.2 Å². The molecular weight excluding hydrogens is 441 g/mol. The van der Waals surface area contributed by atoms with E-state index in [1.807, 2.05) is 12.1 Å². The Bertz CT molecular complexity index is 1030. The van der Waals surface area contributed by atoms with E-state index >= 15 is 0 Å². The van der Waals surface area contributed by atoms with Crippen LogP contribution < -0.4 is 0 Å². The smallest absolute Gasteiger partial charge is 0.158 e. The van der Waals surface area contributed by atoms with E-state index < -0.39 is 0 Å². The number of hydrogen-bond donors (Lipinski definition) is 1. The van der Waals surface area contributed by atoms with Gasteiger partial charge in [0.2, 0.25) is 0 Å². The molecule has 104 valence electrons. The Balaban J connectivity index is 2.30. The summed E-state index contributed by atoms with van der Waals surface area (Å²) in [6, 6.07) is 7.38. The number of halogens is 4. The standard InChI is InChI=1S/C14H5Br2Cl2N3/c15-5-1-2-6(16)11-10(5)19-13-9-7(17)3-4-8(18)12(9)21-14(13)20-11/h1-4H,(H,20,21). The first-order chi connectivity index (χ1) is 10.1. The molecule has 7 heteroatoms. The molecule has 0 aliphatic carbocycles. The lowest BCUT2D eigenvalue weighted by atomic mass is 10.2. The highest BCUT2D eigenvalue weighted by Crippen LogP contribution is 2.36. The van der Waals surface area contributed by atoms with Gasteiger partial charge in [-0.2, -0.15) is 0 Å². The van der Waals surface area contributed by atoms with Gasteiger partial charge in [-0.3, -0.25) is 0 Å². The Hall–Kier alpha value is -0.880. The number of hydrogen-bond acceptors (Lipinski definition) is 2. The van der Waals surface area contributed by atoms with Crippen LogP contribution in [-0.2, 0) is 0 Å². The minimum Gasteiger partial charge on any atom is -0.337 e. The van der Waals surface area contributed by atoms with Crippen LogP contribution >= 0.6 is 55.1 Å². The maximum Gasteiger partial charge on any atom is 0.158 e. The summed E-state index contributed by atoms with van der Waals surface area (Å²) in [4.78, 5) is 12.6. The van der Waals surface area contributed by atoms with E-state index in [9.17, 15) is 0 Å². The first-order valence-corrected chi connectivity index (χ1v) is 8.31. The molecule has 0 aliphatic rings. The Morgan fingerprint density at radius 3 is 2.14 bits per heavy atom. The molecule has 0 amide bonds. The van der Waals surface area contributed by atoms with Crippen LogP contribution in [-0.4, -0.2) is 15.0 Å². The normalized spacial score (nSPS) is 11.8. The Kier molecular flexibility index (Phi) is 3.15. The van der Waals surface area contributed by atoms with Gasteiger partial charge in [-0.15, -0.1) is 0 Å². The zero-order valence-corrected chi connectivity index (χ0v) is 14.9. The topological polar surface area (TPSA) is 41.6 Å². The summed E-state index contributed by atoms with van der Waals surface area (Å²) in [5.41, 5.74) is 3.67. The molecular formula is C14H5Br2Cl2N3. The van der Waals surface area contributed by atoms with Crippen LogP contribution in [0.3, 0.4) is 0 Å². The van der Waals surface area contributed by atoms with Crippen molar-refractivity contribution in [2.45, 2.75) is 0 Å². The van der Waals surface area contributed by atoms with Crippen LogP contribution in [0, 0.1) is 0 Å². The highest BCUT2D eigenvalue weighted by molar-refractivity contribution is 9.11. The molecule has 2 aromatic carbocycles. The number of H-pyrrole nitrogens is 1. The molecule has 0 unspecified atom stereocenters. The summed E-state index contributed by atoms with van der Waals surface area (Å²) in [5, 5.41) is 1.98. The van der Waals surface area contributed by atoms with Crippen molar-refractivity contribution >= 4 is 88.2 Å². The van der Waals surface area contributed by atoms with Gasteiger partial charge in [0.15, 0.2) is 5.65 Å². The molecule has 4 rings (SSSR count). The van der Waals surface area contributed by atoms with E-state index in [1.165, 1.54) is 0 Å². The summed E-state index contributed by atoms with van der Waals surface area (Å²) < 4.78 is 1.76. The van der Waals surface area contributed by atoms with Gasteiger partial charge < -0.3 is 4.98 Å². The van der Waals surface area contributed by atoms with Gasteiger partial charge in [0, 0.05) is 14.3 Å². The second kappa shape index (κ2) is 4.81. The highest BCUT2D eigenvalue weighted by Gasteiger charge is 2.16. The van der Waals surface area contributed by atoms with Gasteiger partial charge in [-0.25, -0.2) is 9.97 Å².